The molecule has 0 spiro atoms. The maximum absolute atomic E-state index is 12.8. The average molecular weight is 452 g/mol. The van der Waals surface area contributed by atoms with E-state index in [9.17, 15) is 23.3 Å². The number of hydrogen-bond donors (Lipinski definition) is 0. The van der Waals surface area contributed by atoms with Crippen LogP contribution in [0, 0.1) is 17.0 Å². The number of aryl methyl sites for hydroxylation is 2. The van der Waals surface area contributed by atoms with E-state index >= 15 is 0 Å². The normalized spacial score (nSPS) is 15.2. The molecule has 0 aliphatic carbocycles. The van der Waals surface area contributed by atoms with Gasteiger partial charge in [-0.25, -0.2) is 8.42 Å². The minimum Gasteiger partial charge on any atom is -0.340 e. The van der Waals surface area contributed by atoms with Gasteiger partial charge in [0.15, 0.2) is 0 Å². The molecule has 2 aromatic carbocycles. The number of hydrogen-bond acceptors (Lipinski definition) is 5. The summed E-state index contributed by atoms with van der Waals surface area (Å²) in [5.41, 5.74) is 1.68. The summed E-state index contributed by atoms with van der Waals surface area (Å²) in [5.74, 6) is -0.0425. The van der Waals surface area contributed by atoms with Gasteiger partial charge in [0.2, 0.25) is 15.9 Å². The SMILES string of the molecule is Cc1ccc(CCC(=O)N2CCN(S(=O)(=O)c3cccc([N+](=O)[O-])c3)CC2)cc1Cl. The van der Waals surface area contributed by atoms with Gasteiger partial charge in [0.05, 0.1) is 9.82 Å². The molecule has 0 aromatic heterocycles. The number of amides is 1. The number of nitrogens with zero attached hydrogens (tertiary/aromatic N) is 3. The lowest BCUT2D eigenvalue weighted by Crippen LogP contribution is -2.50. The number of halogens is 1. The fourth-order valence-corrected chi connectivity index (χ4v) is 4.95. The van der Waals surface area contributed by atoms with Crippen molar-refractivity contribution in [1.82, 2.24) is 9.21 Å². The first-order valence-electron chi connectivity index (χ1n) is 9.46. The minimum atomic E-state index is -3.86. The third-order valence-corrected chi connectivity index (χ3v) is 7.42. The molecule has 8 nitrogen and oxygen atoms in total. The van der Waals surface area contributed by atoms with Crippen molar-refractivity contribution in [3.8, 4) is 0 Å². The molecule has 30 heavy (non-hydrogen) atoms. The number of non-ortho nitro benzene ring substituents is 1. The van der Waals surface area contributed by atoms with Crippen LogP contribution in [0.4, 0.5) is 5.69 Å². The number of piperazine rings is 1. The van der Waals surface area contributed by atoms with Crippen molar-refractivity contribution in [3.63, 3.8) is 0 Å². The Bertz CT molecular complexity index is 1070. The summed E-state index contributed by atoms with van der Waals surface area (Å²) in [6.07, 6.45) is 0.877. The van der Waals surface area contributed by atoms with Crippen LogP contribution in [0.1, 0.15) is 17.5 Å². The van der Waals surface area contributed by atoms with E-state index in [2.05, 4.69) is 0 Å². The molecule has 0 N–H and O–H groups in total. The molecule has 1 amide bonds. The zero-order valence-electron chi connectivity index (χ0n) is 16.5. The Labute approximate surface area is 180 Å². The summed E-state index contributed by atoms with van der Waals surface area (Å²) >= 11 is 6.12. The summed E-state index contributed by atoms with van der Waals surface area (Å²) in [7, 11) is -3.86. The fourth-order valence-electron chi connectivity index (χ4n) is 3.29. The molecule has 1 fully saturated rings. The van der Waals surface area contributed by atoms with E-state index in [1.165, 1.54) is 22.5 Å². The predicted molar refractivity (Wildman–Crippen MR) is 113 cm³/mol. The van der Waals surface area contributed by atoms with Gasteiger partial charge in [-0.2, -0.15) is 4.31 Å². The summed E-state index contributed by atoms with van der Waals surface area (Å²) in [4.78, 5) is 24.3. The zero-order chi connectivity index (χ0) is 21.9. The number of nitro benzene ring substituents is 1. The molecule has 1 aliphatic rings. The first-order valence-corrected chi connectivity index (χ1v) is 11.3. The molecule has 2 aromatic rings. The van der Waals surface area contributed by atoms with Crippen molar-refractivity contribution in [3.05, 3.63) is 68.7 Å². The van der Waals surface area contributed by atoms with E-state index in [1.807, 2.05) is 25.1 Å². The number of carbonyl (C=O) groups is 1. The summed E-state index contributed by atoms with van der Waals surface area (Å²) in [6.45, 7) is 2.77. The van der Waals surface area contributed by atoms with Crippen LogP contribution < -0.4 is 0 Å². The van der Waals surface area contributed by atoms with Crippen LogP contribution in [0.2, 0.25) is 5.02 Å². The Morgan fingerprint density at radius 3 is 2.47 bits per heavy atom. The van der Waals surface area contributed by atoms with Gasteiger partial charge < -0.3 is 4.90 Å². The van der Waals surface area contributed by atoms with Crippen molar-refractivity contribution in [1.29, 1.82) is 0 Å². The smallest absolute Gasteiger partial charge is 0.270 e. The second kappa shape index (κ2) is 9.11. The van der Waals surface area contributed by atoms with Crippen molar-refractivity contribution in [2.24, 2.45) is 0 Å². The lowest BCUT2D eigenvalue weighted by molar-refractivity contribution is -0.385. The molecule has 0 bridgehead atoms. The van der Waals surface area contributed by atoms with Gasteiger partial charge in [0.1, 0.15) is 0 Å². The van der Waals surface area contributed by atoms with E-state index < -0.39 is 14.9 Å². The second-order valence-electron chi connectivity index (χ2n) is 7.12. The number of nitro groups is 1. The van der Waals surface area contributed by atoms with Crippen molar-refractivity contribution in [2.75, 3.05) is 26.2 Å². The van der Waals surface area contributed by atoms with E-state index in [-0.39, 0.29) is 42.7 Å². The molecule has 1 saturated heterocycles. The van der Waals surface area contributed by atoms with Crippen molar-refractivity contribution >= 4 is 33.2 Å². The van der Waals surface area contributed by atoms with Gasteiger partial charge in [0.25, 0.3) is 5.69 Å². The zero-order valence-corrected chi connectivity index (χ0v) is 18.0. The molecule has 0 radical (unpaired) electrons. The summed E-state index contributed by atoms with van der Waals surface area (Å²) < 4.78 is 26.9. The molecule has 1 heterocycles. The Morgan fingerprint density at radius 2 is 1.83 bits per heavy atom. The molecule has 160 valence electrons. The topological polar surface area (TPSA) is 101 Å². The van der Waals surface area contributed by atoms with Crippen LogP contribution in [0.15, 0.2) is 47.4 Å². The van der Waals surface area contributed by atoms with E-state index in [1.54, 1.807) is 4.90 Å². The first kappa shape index (κ1) is 22.2. The van der Waals surface area contributed by atoms with Crippen LogP contribution in [0.5, 0.6) is 0 Å². The maximum Gasteiger partial charge on any atom is 0.270 e. The Morgan fingerprint density at radius 1 is 1.13 bits per heavy atom. The molecular weight excluding hydrogens is 430 g/mol. The quantitative estimate of drug-likeness (QED) is 0.496. The van der Waals surface area contributed by atoms with Crippen LogP contribution >= 0.6 is 11.6 Å². The van der Waals surface area contributed by atoms with Crippen molar-refractivity contribution in [2.45, 2.75) is 24.7 Å². The third kappa shape index (κ3) is 4.97. The highest BCUT2D eigenvalue weighted by atomic mass is 35.5. The van der Waals surface area contributed by atoms with E-state index in [4.69, 9.17) is 11.6 Å². The molecule has 0 unspecified atom stereocenters. The van der Waals surface area contributed by atoms with E-state index in [0.717, 1.165) is 17.2 Å². The van der Waals surface area contributed by atoms with Gasteiger partial charge in [-0.1, -0.05) is 29.8 Å². The van der Waals surface area contributed by atoms with Crippen LogP contribution in [0.3, 0.4) is 0 Å². The fraction of sp³-hybridized carbons (Fsp3) is 0.350. The maximum atomic E-state index is 12.8. The van der Waals surface area contributed by atoms with Gasteiger partial charge in [-0.3, -0.25) is 14.9 Å². The highest BCUT2D eigenvalue weighted by molar-refractivity contribution is 7.89. The highest BCUT2D eigenvalue weighted by Crippen LogP contribution is 2.22. The monoisotopic (exact) mass is 451 g/mol. The number of sulfonamides is 1. The van der Waals surface area contributed by atoms with Crippen LogP contribution in [0.25, 0.3) is 0 Å². The molecule has 0 atom stereocenters. The Kier molecular flexibility index (Phi) is 6.74. The molecule has 10 heteroatoms. The van der Waals surface area contributed by atoms with Crippen LogP contribution in [-0.2, 0) is 21.2 Å². The van der Waals surface area contributed by atoms with Gasteiger partial charge in [-0.15, -0.1) is 0 Å². The Hall–Kier alpha value is -2.49. The molecule has 1 aliphatic heterocycles. The number of carbonyl (C=O) groups excluding carboxylic acids is 1. The Balaban J connectivity index is 1.58. The third-order valence-electron chi connectivity index (χ3n) is 5.12. The first-order chi connectivity index (χ1) is 14.2. The number of rotatable bonds is 6. The molecule has 0 saturated carbocycles. The average Bonchev–Trinajstić information content (AvgIpc) is 2.74. The minimum absolute atomic E-state index is 0.0425. The lowest BCUT2D eigenvalue weighted by Gasteiger charge is -2.34. The van der Waals surface area contributed by atoms with E-state index in [0.29, 0.717) is 17.9 Å². The standard InChI is InChI=1S/C20H22ClN3O5S/c1-15-5-6-16(13-19(15)21)7-8-20(25)22-9-11-23(12-10-22)30(28,29)18-4-2-3-17(14-18)24(26)27/h2-6,13-14H,7-12H2,1H3. The lowest BCUT2D eigenvalue weighted by atomic mass is 10.1. The van der Waals surface area contributed by atoms with Gasteiger partial charge in [0, 0.05) is 49.8 Å². The summed E-state index contributed by atoms with van der Waals surface area (Å²) in [6, 6.07) is 10.7. The second-order valence-corrected chi connectivity index (χ2v) is 9.47. The van der Waals surface area contributed by atoms with Crippen LogP contribution in [-0.4, -0.2) is 54.6 Å². The van der Waals surface area contributed by atoms with Crippen molar-refractivity contribution < 1.29 is 18.1 Å². The van der Waals surface area contributed by atoms with Gasteiger partial charge in [-0.05, 0) is 36.6 Å². The van der Waals surface area contributed by atoms with Gasteiger partial charge >= 0.3 is 0 Å². The number of benzene rings is 2. The highest BCUT2D eigenvalue weighted by Gasteiger charge is 2.30. The predicted octanol–water partition coefficient (Wildman–Crippen LogP) is 3.02. The summed E-state index contributed by atoms with van der Waals surface area (Å²) in [5, 5.41) is 11.6. The molecular formula is C20H22ClN3O5S. The largest absolute Gasteiger partial charge is 0.340 e. The molecule has 3 rings (SSSR count).